The van der Waals surface area contributed by atoms with Crippen LogP contribution >= 0.6 is 0 Å². The van der Waals surface area contributed by atoms with Crippen LogP contribution in [0.1, 0.15) is 64.8 Å². The summed E-state index contributed by atoms with van der Waals surface area (Å²) in [5.41, 5.74) is 7.00. The Morgan fingerprint density at radius 3 is 2.82 bits per heavy atom. The summed E-state index contributed by atoms with van der Waals surface area (Å²) in [6.45, 7) is 6.08. The number of aromatic nitrogens is 1. The highest BCUT2D eigenvalue weighted by molar-refractivity contribution is 5.98. The second-order valence-electron chi connectivity index (χ2n) is 8.95. The fraction of sp³-hybridized carbons (Fsp3) is 0.444. The number of pyridine rings is 1. The van der Waals surface area contributed by atoms with Gasteiger partial charge in [0.15, 0.2) is 5.96 Å². The zero-order valence-electron chi connectivity index (χ0n) is 20.6. The first kappa shape index (κ1) is 23.8. The number of benzene rings is 1. The van der Waals surface area contributed by atoms with Crippen LogP contribution in [0.25, 0.3) is 0 Å². The molecule has 1 aromatic carbocycles. The van der Waals surface area contributed by atoms with Crippen molar-refractivity contribution in [2.75, 3.05) is 26.1 Å². The van der Waals surface area contributed by atoms with Gasteiger partial charge in [-0.15, -0.1) is 0 Å². The lowest BCUT2D eigenvalue weighted by molar-refractivity contribution is 0.0600. The van der Waals surface area contributed by atoms with E-state index in [2.05, 4.69) is 21.3 Å². The molecule has 0 unspecified atom stereocenters. The number of fused-ring (bicyclic) bond motifs is 1. The van der Waals surface area contributed by atoms with E-state index in [9.17, 15) is 4.79 Å². The van der Waals surface area contributed by atoms with E-state index in [-0.39, 0.29) is 5.97 Å². The fourth-order valence-electron chi connectivity index (χ4n) is 4.67. The summed E-state index contributed by atoms with van der Waals surface area (Å²) < 4.78 is 10.5. The van der Waals surface area contributed by atoms with Crippen molar-refractivity contribution in [1.29, 1.82) is 0 Å². The third-order valence-electron chi connectivity index (χ3n) is 6.65. The first-order valence-electron chi connectivity index (χ1n) is 11.9. The van der Waals surface area contributed by atoms with Crippen LogP contribution in [0.2, 0.25) is 0 Å². The van der Waals surface area contributed by atoms with E-state index in [0.717, 1.165) is 59.3 Å². The standard InChI is InChI=1S/C27H34N4O3/c1-18-15-28-24(19(2)25(18)33-3)16-29-27-30-23-14-21(26(32)34-4)10-11-22(23)17-31(27)13-12-20-8-6-5-7-9-20/h8,10-11,14-15H,5-7,9,12-13,16-17H2,1-4H3,(H,29,30). The molecule has 7 heteroatoms. The van der Waals surface area contributed by atoms with Gasteiger partial charge in [0.05, 0.1) is 32.0 Å². The van der Waals surface area contributed by atoms with Crippen molar-refractivity contribution >= 4 is 17.6 Å². The molecule has 2 aromatic rings. The molecule has 1 aromatic heterocycles. The number of carbonyl (C=O) groups is 1. The van der Waals surface area contributed by atoms with Crippen LogP contribution in [0.3, 0.4) is 0 Å². The summed E-state index contributed by atoms with van der Waals surface area (Å²) in [5, 5.41) is 3.47. The predicted octanol–water partition coefficient (Wildman–Crippen LogP) is 5.17. The Labute approximate surface area is 201 Å². The van der Waals surface area contributed by atoms with E-state index in [4.69, 9.17) is 14.5 Å². The maximum atomic E-state index is 12.0. The van der Waals surface area contributed by atoms with Gasteiger partial charge in [-0.05, 0) is 63.6 Å². The van der Waals surface area contributed by atoms with Gasteiger partial charge in [0.1, 0.15) is 5.75 Å². The van der Waals surface area contributed by atoms with Gasteiger partial charge in [-0.1, -0.05) is 17.7 Å². The number of guanidine groups is 1. The zero-order chi connectivity index (χ0) is 24.1. The number of methoxy groups -OCH3 is 2. The Kier molecular flexibility index (Phi) is 7.50. The summed E-state index contributed by atoms with van der Waals surface area (Å²) in [6.07, 6.45) is 10.2. The molecule has 0 saturated heterocycles. The fourth-order valence-corrected chi connectivity index (χ4v) is 4.67. The first-order valence-corrected chi connectivity index (χ1v) is 11.9. The van der Waals surface area contributed by atoms with E-state index in [1.807, 2.05) is 38.2 Å². The molecule has 0 amide bonds. The topological polar surface area (TPSA) is 76.0 Å². The molecule has 1 N–H and O–H groups in total. The van der Waals surface area contributed by atoms with Gasteiger partial charge in [0.2, 0.25) is 0 Å². The number of anilines is 1. The van der Waals surface area contributed by atoms with Gasteiger partial charge in [-0.2, -0.15) is 0 Å². The van der Waals surface area contributed by atoms with Crippen LogP contribution < -0.4 is 10.1 Å². The molecule has 2 aliphatic rings. The Morgan fingerprint density at radius 2 is 2.09 bits per heavy atom. The van der Waals surface area contributed by atoms with E-state index in [0.29, 0.717) is 12.1 Å². The number of esters is 1. The number of ether oxygens (including phenoxy) is 2. The maximum Gasteiger partial charge on any atom is 0.337 e. The molecule has 0 fully saturated rings. The molecule has 0 saturated carbocycles. The van der Waals surface area contributed by atoms with Crippen LogP contribution in [0.15, 0.2) is 41.0 Å². The maximum absolute atomic E-state index is 12.0. The van der Waals surface area contributed by atoms with Crippen LogP contribution in [0.5, 0.6) is 5.75 Å². The largest absolute Gasteiger partial charge is 0.496 e. The first-order chi connectivity index (χ1) is 16.5. The van der Waals surface area contributed by atoms with Crippen molar-refractivity contribution < 1.29 is 14.3 Å². The highest BCUT2D eigenvalue weighted by atomic mass is 16.5. The third kappa shape index (κ3) is 5.24. The monoisotopic (exact) mass is 462 g/mol. The molecular formula is C27H34N4O3. The molecule has 7 nitrogen and oxygen atoms in total. The summed E-state index contributed by atoms with van der Waals surface area (Å²) >= 11 is 0. The quantitative estimate of drug-likeness (QED) is 0.452. The van der Waals surface area contributed by atoms with E-state index in [1.165, 1.54) is 32.8 Å². The van der Waals surface area contributed by atoms with Crippen LogP contribution in [0, 0.1) is 13.8 Å². The normalized spacial score (nSPS) is 16.5. The number of aliphatic imine (C=N–C) groups is 1. The van der Waals surface area contributed by atoms with Crippen molar-refractivity contribution in [2.45, 2.75) is 59.0 Å². The smallest absolute Gasteiger partial charge is 0.337 e. The minimum Gasteiger partial charge on any atom is -0.496 e. The number of nitrogens with zero attached hydrogens (tertiary/aromatic N) is 3. The molecule has 34 heavy (non-hydrogen) atoms. The number of hydrogen-bond donors (Lipinski definition) is 1. The number of allylic oxidation sites excluding steroid dienone is 1. The highest BCUT2D eigenvalue weighted by Gasteiger charge is 2.23. The lowest BCUT2D eigenvalue weighted by Gasteiger charge is -2.33. The molecule has 0 spiro atoms. The zero-order valence-corrected chi connectivity index (χ0v) is 20.6. The predicted molar refractivity (Wildman–Crippen MR) is 134 cm³/mol. The summed E-state index contributed by atoms with van der Waals surface area (Å²) in [5.74, 6) is 1.31. The van der Waals surface area contributed by atoms with Gasteiger partial charge in [0, 0.05) is 36.1 Å². The van der Waals surface area contributed by atoms with Crippen molar-refractivity contribution in [1.82, 2.24) is 9.88 Å². The number of hydrogen-bond acceptors (Lipinski definition) is 5. The molecule has 1 aliphatic heterocycles. The van der Waals surface area contributed by atoms with E-state index >= 15 is 0 Å². The average molecular weight is 463 g/mol. The van der Waals surface area contributed by atoms with Crippen molar-refractivity contribution in [2.24, 2.45) is 4.99 Å². The third-order valence-corrected chi connectivity index (χ3v) is 6.65. The SMILES string of the molecule is COC(=O)c1ccc2c(c1)NC(=NCc1ncc(C)c(OC)c1C)N(CCC1=CCCCC1)C2. The van der Waals surface area contributed by atoms with Crippen molar-refractivity contribution in [3.63, 3.8) is 0 Å². The van der Waals surface area contributed by atoms with Crippen LogP contribution in [-0.2, 0) is 17.8 Å². The van der Waals surface area contributed by atoms with Gasteiger partial charge in [0.25, 0.3) is 0 Å². The molecular weight excluding hydrogens is 428 g/mol. The number of aryl methyl sites for hydroxylation is 1. The Bertz CT molecular complexity index is 1120. The lowest BCUT2D eigenvalue weighted by atomic mass is 9.97. The second kappa shape index (κ2) is 10.7. The van der Waals surface area contributed by atoms with Gasteiger partial charge in [-0.25, -0.2) is 9.79 Å². The number of rotatable bonds is 7. The number of carbonyl (C=O) groups excluding carboxylic acids is 1. The summed E-state index contributed by atoms with van der Waals surface area (Å²) in [4.78, 5) is 23.9. The van der Waals surface area contributed by atoms with E-state index in [1.54, 1.807) is 12.7 Å². The second-order valence-corrected chi connectivity index (χ2v) is 8.95. The Hall–Kier alpha value is -3.35. The minimum absolute atomic E-state index is 0.346. The average Bonchev–Trinajstić information content (AvgIpc) is 2.87. The number of nitrogens with one attached hydrogen (secondary N) is 1. The molecule has 0 radical (unpaired) electrons. The van der Waals surface area contributed by atoms with Crippen LogP contribution in [0.4, 0.5) is 5.69 Å². The molecule has 180 valence electrons. The van der Waals surface area contributed by atoms with Crippen LogP contribution in [-0.4, -0.2) is 42.6 Å². The van der Waals surface area contributed by atoms with Gasteiger partial charge >= 0.3 is 5.97 Å². The highest BCUT2D eigenvalue weighted by Crippen LogP contribution is 2.28. The Morgan fingerprint density at radius 1 is 1.24 bits per heavy atom. The summed E-state index contributed by atoms with van der Waals surface area (Å²) in [7, 11) is 3.08. The van der Waals surface area contributed by atoms with Crippen molar-refractivity contribution in [3.05, 3.63) is 64.0 Å². The molecule has 1 aliphatic carbocycles. The molecule has 2 heterocycles. The van der Waals surface area contributed by atoms with Crippen molar-refractivity contribution in [3.8, 4) is 5.75 Å². The van der Waals surface area contributed by atoms with Gasteiger partial charge < -0.3 is 19.7 Å². The molecule has 0 atom stereocenters. The van der Waals surface area contributed by atoms with E-state index < -0.39 is 0 Å². The minimum atomic E-state index is -0.346. The lowest BCUT2D eigenvalue weighted by Crippen LogP contribution is -2.41. The van der Waals surface area contributed by atoms with Gasteiger partial charge in [-0.3, -0.25) is 4.98 Å². The molecule has 4 rings (SSSR count). The summed E-state index contributed by atoms with van der Waals surface area (Å²) in [6, 6.07) is 5.66. The Balaban J connectivity index is 1.60. The molecule has 0 bridgehead atoms.